The van der Waals surface area contributed by atoms with E-state index < -0.39 is 4.92 Å². The molecule has 0 amide bonds. The number of nitrogens with zero attached hydrogens (tertiary/aromatic N) is 2. The summed E-state index contributed by atoms with van der Waals surface area (Å²) in [6, 6.07) is 0. The van der Waals surface area contributed by atoms with E-state index in [4.69, 9.17) is 5.73 Å². The normalized spacial score (nSPS) is 10.8. The number of imidazole rings is 1. The van der Waals surface area contributed by atoms with E-state index in [9.17, 15) is 10.1 Å². The highest BCUT2D eigenvalue weighted by Gasteiger charge is 2.10. The largest absolute Gasteiger partial charge is 0.358 e. The van der Waals surface area contributed by atoms with Gasteiger partial charge in [0.25, 0.3) is 0 Å². The maximum Gasteiger partial charge on any atom is 0.347 e. The maximum absolute atomic E-state index is 10.3. The molecule has 0 atom stereocenters. The van der Waals surface area contributed by atoms with Gasteiger partial charge in [-0.2, -0.15) is 0 Å². The Morgan fingerprint density at radius 2 is 2.58 bits per heavy atom. The van der Waals surface area contributed by atoms with Crippen molar-refractivity contribution in [3.63, 3.8) is 0 Å². The SMILES string of the molecule is NCC=Cc1nc[nH]c1[N+](=O)[O-]. The molecule has 0 aliphatic carbocycles. The van der Waals surface area contributed by atoms with E-state index in [-0.39, 0.29) is 5.82 Å². The highest BCUT2D eigenvalue weighted by molar-refractivity contribution is 5.53. The average Bonchev–Trinajstić information content (AvgIpc) is 2.48. The van der Waals surface area contributed by atoms with Gasteiger partial charge in [0.2, 0.25) is 0 Å². The molecule has 12 heavy (non-hydrogen) atoms. The molecule has 0 radical (unpaired) electrons. The van der Waals surface area contributed by atoms with Gasteiger partial charge in [0, 0.05) is 6.54 Å². The molecule has 64 valence electrons. The van der Waals surface area contributed by atoms with Crippen LogP contribution in [0, 0.1) is 10.1 Å². The van der Waals surface area contributed by atoms with Crippen molar-refractivity contribution < 1.29 is 4.92 Å². The van der Waals surface area contributed by atoms with Crippen molar-refractivity contribution in [3.8, 4) is 0 Å². The van der Waals surface area contributed by atoms with E-state index >= 15 is 0 Å². The lowest BCUT2D eigenvalue weighted by atomic mass is 10.4. The summed E-state index contributed by atoms with van der Waals surface area (Å²) in [5.74, 6) is -0.111. The zero-order valence-corrected chi connectivity index (χ0v) is 6.23. The van der Waals surface area contributed by atoms with Crippen LogP contribution in [0.1, 0.15) is 5.69 Å². The summed E-state index contributed by atoms with van der Waals surface area (Å²) in [6.07, 6.45) is 4.38. The average molecular weight is 168 g/mol. The van der Waals surface area contributed by atoms with Crippen LogP contribution in [0.15, 0.2) is 12.4 Å². The summed E-state index contributed by atoms with van der Waals surface area (Å²) in [6.45, 7) is 0.337. The Balaban J connectivity index is 2.91. The number of hydrogen-bond acceptors (Lipinski definition) is 4. The van der Waals surface area contributed by atoms with E-state index in [0.29, 0.717) is 12.2 Å². The molecule has 0 saturated carbocycles. The van der Waals surface area contributed by atoms with Crippen LogP contribution in [0.4, 0.5) is 5.82 Å². The van der Waals surface area contributed by atoms with Gasteiger partial charge in [-0.05, 0) is 11.0 Å². The predicted molar refractivity (Wildman–Crippen MR) is 43.3 cm³/mol. The molecule has 1 aromatic heterocycles. The number of aromatic nitrogens is 2. The van der Waals surface area contributed by atoms with Gasteiger partial charge < -0.3 is 15.8 Å². The number of nitro groups is 1. The summed E-state index contributed by atoms with van der Waals surface area (Å²) in [5.41, 5.74) is 5.47. The fourth-order valence-corrected chi connectivity index (χ4v) is 0.746. The van der Waals surface area contributed by atoms with Crippen molar-refractivity contribution in [3.05, 3.63) is 28.2 Å². The molecule has 0 aliphatic heterocycles. The Bertz CT molecular complexity index is 304. The zero-order chi connectivity index (χ0) is 8.97. The first-order valence-corrected chi connectivity index (χ1v) is 3.30. The fraction of sp³-hybridized carbons (Fsp3) is 0.167. The van der Waals surface area contributed by atoms with Gasteiger partial charge in [-0.25, -0.2) is 9.97 Å². The van der Waals surface area contributed by atoms with E-state index in [1.165, 1.54) is 12.4 Å². The second kappa shape index (κ2) is 3.63. The highest BCUT2D eigenvalue weighted by atomic mass is 16.6. The molecular formula is C6H8N4O2. The summed E-state index contributed by atoms with van der Waals surface area (Å²) in [5, 5.41) is 10.3. The van der Waals surface area contributed by atoms with Crippen molar-refractivity contribution in [2.45, 2.75) is 0 Å². The minimum absolute atomic E-state index is 0.111. The van der Waals surface area contributed by atoms with Gasteiger partial charge in [0.15, 0.2) is 12.0 Å². The Morgan fingerprint density at radius 3 is 3.17 bits per heavy atom. The van der Waals surface area contributed by atoms with Crippen molar-refractivity contribution >= 4 is 11.9 Å². The van der Waals surface area contributed by atoms with Crippen molar-refractivity contribution in [2.75, 3.05) is 6.54 Å². The maximum atomic E-state index is 10.3. The van der Waals surface area contributed by atoms with Crippen LogP contribution in [0.2, 0.25) is 0 Å². The van der Waals surface area contributed by atoms with Gasteiger partial charge in [-0.3, -0.25) is 0 Å². The van der Waals surface area contributed by atoms with Crippen LogP contribution in [-0.2, 0) is 0 Å². The van der Waals surface area contributed by atoms with Gasteiger partial charge in [-0.1, -0.05) is 6.08 Å². The molecule has 0 spiro atoms. The van der Waals surface area contributed by atoms with E-state index in [1.54, 1.807) is 6.08 Å². The summed E-state index contributed by atoms with van der Waals surface area (Å²) in [7, 11) is 0. The Labute approximate surface area is 68.3 Å². The third-order valence-electron chi connectivity index (χ3n) is 1.24. The highest BCUT2D eigenvalue weighted by Crippen LogP contribution is 2.12. The number of nitrogens with one attached hydrogen (secondary N) is 1. The number of hydrogen-bond donors (Lipinski definition) is 2. The predicted octanol–water partition coefficient (Wildman–Crippen LogP) is 0.290. The molecule has 0 bridgehead atoms. The summed E-state index contributed by atoms with van der Waals surface area (Å²) >= 11 is 0. The first-order valence-electron chi connectivity index (χ1n) is 3.30. The number of aromatic amines is 1. The quantitative estimate of drug-likeness (QED) is 0.500. The van der Waals surface area contributed by atoms with Crippen LogP contribution < -0.4 is 5.73 Å². The Morgan fingerprint density at radius 1 is 1.83 bits per heavy atom. The van der Waals surface area contributed by atoms with E-state index in [0.717, 1.165) is 0 Å². The molecule has 0 fully saturated rings. The first kappa shape index (κ1) is 8.41. The number of H-pyrrole nitrogens is 1. The molecule has 1 heterocycles. The van der Waals surface area contributed by atoms with E-state index in [2.05, 4.69) is 9.97 Å². The van der Waals surface area contributed by atoms with Crippen molar-refractivity contribution in [1.82, 2.24) is 9.97 Å². The lowest BCUT2D eigenvalue weighted by Gasteiger charge is -1.89. The topological polar surface area (TPSA) is 97.8 Å². The molecular weight excluding hydrogens is 160 g/mol. The zero-order valence-electron chi connectivity index (χ0n) is 6.23. The third kappa shape index (κ3) is 1.67. The van der Waals surface area contributed by atoms with Crippen LogP contribution >= 0.6 is 0 Å². The molecule has 0 aliphatic rings. The molecule has 6 heteroatoms. The first-order chi connectivity index (χ1) is 5.75. The Kier molecular flexibility index (Phi) is 2.54. The lowest BCUT2D eigenvalue weighted by molar-refractivity contribution is -0.389. The minimum Gasteiger partial charge on any atom is -0.358 e. The molecule has 3 N–H and O–H groups in total. The molecule has 1 rings (SSSR count). The number of nitrogens with two attached hydrogens (primary N) is 1. The lowest BCUT2D eigenvalue weighted by Crippen LogP contribution is -1.93. The van der Waals surface area contributed by atoms with Crippen LogP contribution in [0.25, 0.3) is 6.08 Å². The van der Waals surface area contributed by atoms with Crippen molar-refractivity contribution in [2.24, 2.45) is 5.73 Å². The van der Waals surface area contributed by atoms with Gasteiger partial charge in [-0.15, -0.1) is 0 Å². The van der Waals surface area contributed by atoms with Gasteiger partial charge in [0.1, 0.15) is 0 Å². The monoisotopic (exact) mass is 168 g/mol. The second-order valence-electron chi connectivity index (χ2n) is 2.03. The minimum atomic E-state index is -0.525. The molecule has 0 unspecified atom stereocenters. The van der Waals surface area contributed by atoms with Crippen LogP contribution in [0.5, 0.6) is 0 Å². The van der Waals surface area contributed by atoms with E-state index in [1.807, 2.05) is 0 Å². The molecule has 0 aromatic carbocycles. The van der Waals surface area contributed by atoms with Crippen LogP contribution in [0.3, 0.4) is 0 Å². The summed E-state index contributed by atoms with van der Waals surface area (Å²) in [4.78, 5) is 15.9. The smallest absolute Gasteiger partial charge is 0.347 e. The Hall–Kier alpha value is -1.69. The molecule has 0 saturated heterocycles. The van der Waals surface area contributed by atoms with Crippen molar-refractivity contribution in [1.29, 1.82) is 0 Å². The van der Waals surface area contributed by atoms with Gasteiger partial charge in [0.05, 0.1) is 0 Å². The standard InChI is InChI=1S/C6H8N4O2/c7-3-1-2-5-6(10(11)12)9-4-8-5/h1-2,4H,3,7H2,(H,8,9). The van der Waals surface area contributed by atoms with Crippen LogP contribution in [-0.4, -0.2) is 21.4 Å². The number of rotatable bonds is 3. The second-order valence-corrected chi connectivity index (χ2v) is 2.03. The molecule has 6 nitrogen and oxygen atoms in total. The molecule has 1 aromatic rings. The summed E-state index contributed by atoms with van der Waals surface area (Å²) < 4.78 is 0. The fourth-order valence-electron chi connectivity index (χ4n) is 0.746. The van der Waals surface area contributed by atoms with Gasteiger partial charge >= 0.3 is 5.82 Å². The third-order valence-corrected chi connectivity index (χ3v) is 1.24.